The maximum Gasteiger partial charge on any atom is 0.355 e. The summed E-state index contributed by atoms with van der Waals surface area (Å²) < 4.78 is 41.2. The van der Waals surface area contributed by atoms with E-state index in [0.717, 1.165) is 44.3 Å². The van der Waals surface area contributed by atoms with Crippen molar-refractivity contribution in [3.8, 4) is 17.2 Å². The van der Waals surface area contributed by atoms with E-state index >= 15 is 0 Å². The predicted molar refractivity (Wildman–Crippen MR) is 234 cm³/mol. The van der Waals surface area contributed by atoms with Gasteiger partial charge in [-0.25, -0.2) is 4.79 Å². The van der Waals surface area contributed by atoms with Crippen molar-refractivity contribution in [1.29, 1.82) is 0 Å². The van der Waals surface area contributed by atoms with Crippen LogP contribution in [-0.4, -0.2) is 105 Å². The number of halogens is 3. The van der Waals surface area contributed by atoms with Crippen LogP contribution in [0, 0.1) is 5.92 Å². The highest BCUT2D eigenvalue weighted by molar-refractivity contribution is 8.00. The van der Waals surface area contributed by atoms with E-state index in [1.807, 2.05) is 18.2 Å². The number of esters is 3. The van der Waals surface area contributed by atoms with Gasteiger partial charge in [0.05, 0.1) is 14.2 Å². The Morgan fingerprint density at radius 2 is 1.62 bits per heavy atom. The highest BCUT2D eigenvalue weighted by atomic mass is 35.6. The number of rotatable bonds is 20. The first-order valence-electron chi connectivity index (χ1n) is 19.9. The number of thioether (sulfide) groups is 1. The first-order chi connectivity index (χ1) is 29.1. The minimum atomic E-state index is -1.90. The Morgan fingerprint density at radius 3 is 2.28 bits per heavy atom. The third kappa shape index (κ3) is 14.7. The van der Waals surface area contributed by atoms with Gasteiger partial charge in [0.2, 0.25) is 10.6 Å². The number of ether oxygens (including phenoxy) is 6. The fourth-order valence-electron chi connectivity index (χ4n) is 6.68. The molecular weight excluding hydrogens is 895 g/mol. The standard InChI is InChI=1S/C24H25Cl3N2O9S.C18H28O3S/c1-12-15(9-14(21(32)35-2)22(33)36-3)39-20-17(28-16(30)10-37-13-7-5-4-6-8-13)19(31)29(20)18(12)23(34)38-11-24(25,26)27;1-3-4-5-6-7-8-11-22(19)15(2)12-16-9-10-17-18(13-16)21-14-20-17/h4-8,14-15,17,20H,9-11H2,1-3H3,(H,28,30);9-10,13,15H,3-8,11-12,14H2,1-2H3/t15?,17?,20-;/m1./s1. The van der Waals surface area contributed by atoms with Crippen LogP contribution >= 0.6 is 46.6 Å². The van der Waals surface area contributed by atoms with Crippen LogP contribution in [0.15, 0.2) is 59.8 Å². The summed E-state index contributed by atoms with van der Waals surface area (Å²) in [4.78, 5) is 64.5. The van der Waals surface area contributed by atoms with E-state index in [2.05, 4.69) is 19.2 Å². The number of carbonyl (C=O) groups excluding carboxylic acids is 5. The number of β-lactam (4-membered cyclic amide) rings is 1. The highest BCUT2D eigenvalue weighted by Crippen LogP contribution is 2.46. The Hall–Kier alpha value is -3.70. The lowest BCUT2D eigenvalue weighted by Gasteiger charge is -2.51. The lowest BCUT2D eigenvalue weighted by Crippen LogP contribution is -2.71. The van der Waals surface area contributed by atoms with Crippen LogP contribution in [0.25, 0.3) is 0 Å². The van der Waals surface area contributed by atoms with Crippen LogP contribution in [0.4, 0.5) is 0 Å². The number of fused-ring (bicyclic) bond motifs is 2. The minimum Gasteiger partial charge on any atom is -0.484 e. The molecule has 2 aromatic carbocycles. The SMILES string of the molecule is CCCCCCCCS(=O)C(C)Cc1ccc2c(c1)OCO2.COC(=O)C(CC1S[C@@H]2C(NC(=O)COc3ccccc3)C(=O)N2C(C(=O)OCC(Cl)(Cl)Cl)=C1C)C(=O)OC. The number of hydrogen-bond donors (Lipinski definition) is 1. The van der Waals surface area contributed by atoms with Gasteiger partial charge in [-0.05, 0) is 61.6 Å². The van der Waals surface area contributed by atoms with Crippen molar-refractivity contribution in [1.82, 2.24) is 10.2 Å². The molecule has 4 unspecified atom stereocenters. The number of carbonyl (C=O) groups is 5. The van der Waals surface area contributed by atoms with E-state index in [1.54, 1.807) is 37.3 Å². The van der Waals surface area contributed by atoms with Crippen LogP contribution in [0.3, 0.4) is 0 Å². The monoisotopic (exact) mass is 946 g/mol. The quantitative estimate of drug-likeness (QED) is 0.0366. The molecule has 0 saturated carbocycles. The van der Waals surface area contributed by atoms with Crippen molar-refractivity contribution in [2.24, 2.45) is 5.92 Å². The normalized spacial score (nSPS) is 18.8. The molecule has 2 amide bonds. The third-order valence-corrected chi connectivity index (χ3v) is 13.7. The van der Waals surface area contributed by atoms with Gasteiger partial charge in [0.25, 0.3) is 11.8 Å². The van der Waals surface area contributed by atoms with Crippen LogP contribution in [-0.2, 0) is 55.4 Å². The van der Waals surface area contributed by atoms with Crippen LogP contribution < -0.4 is 19.5 Å². The molecule has 0 spiro atoms. The average Bonchev–Trinajstić information content (AvgIpc) is 3.72. The number of para-hydroxylation sites is 1. The smallest absolute Gasteiger partial charge is 0.355 e. The van der Waals surface area contributed by atoms with E-state index in [0.29, 0.717) is 18.1 Å². The molecule has 0 radical (unpaired) electrons. The average molecular weight is 948 g/mol. The van der Waals surface area contributed by atoms with Crippen LogP contribution in [0.2, 0.25) is 0 Å². The number of unbranched alkanes of at least 4 members (excludes halogenated alkanes) is 5. The Kier molecular flexibility index (Phi) is 19.8. The molecular formula is C42H53Cl3N2O12S2. The predicted octanol–water partition coefficient (Wildman–Crippen LogP) is 6.83. The molecule has 3 heterocycles. The number of benzene rings is 2. The molecule has 5 atom stereocenters. The molecule has 1 N–H and O–H groups in total. The number of alkyl halides is 3. The number of nitrogens with one attached hydrogen (secondary N) is 1. The van der Waals surface area contributed by atoms with Gasteiger partial charge in [-0.15, -0.1) is 11.8 Å². The second-order valence-corrected chi connectivity index (χ2v) is 20.3. The van der Waals surface area contributed by atoms with Crippen LogP contribution in [0.1, 0.15) is 71.3 Å². The molecule has 1 saturated heterocycles. The Morgan fingerprint density at radius 1 is 0.967 bits per heavy atom. The van der Waals surface area contributed by atoms with Gasteiger partial charge in [0.1, 0.15) is 29.5 Å². The first kappa shape index (κ1) is 50.0. The molecule has 0 aliphatic carbocycles. The summed E-state index contributed by atoms with van der Waals surface area (Å²) in [6.45, 7) is 5.22. The fraction of sp³-hybridized carbons (Fsp3) is 0.548. The van der Waals surface area contributed by atoms with E-state index in [-0.39, 0.29) is 24.0 Å². The summed E-state index contributed by atoms with van der Waals surface area (Å²) in [6.07, 6.45) is 8.20. The summed E-state index contributed by atoms with van der Waals surface area (Å²) in [5, 5.41) is 1.38. The van der Waals surface area contributed by atoms with Crippen molar-refractivity contribution < 1.29 is 56.6 Å². The van der Waals surface area contributed by atoms with Crippen molar-refractivity contribution in [3.63, 3.8) is 0 Å². The molecule has 3 aliphatic rings. The molecule has 5 rings (SSSR count). The van der Waals surface area contributed by atoms with Gasteiger partial charge in [0, 0.05) is 27.1 Å². The number of methoxy groups -OCH3 is 2. The lowest BCUT2D eigenvalue weighted by atomic mass is 9.95. The number of nitrogens with zero attached hydrogens (tertiary/aromatic N) is 1. The zero-order valence-electron chi connectivity index (χ0n) is 34.8. The van der Waals surface area contributed by atoms with Crippen molar-refractivity contribution in [2.75, 3.05) is 40.0 Å². The molecule has 3 aliphatic heterocycles. The summed E-state index contributed by atoms with van der Waals surface area (Å²) in [5.41, 5.74) is 1.38. The van der Waals surface area contributed by atoms with Crippen molar-refractivity contribution in [3.05, 3.63) is 65.4 Å². The molecule has 19 heteroatoms. The van der Waals surface area contributed by atoms with Gasteiger partial charge in [0.15, 0.2) is 24.0 Å². The molecule has 61 heavy (non-hydrogen) atoms. The van der Waals surface area contributed by atoms with Gasteiger partial charge >= 0.3 is 17.9 Å². The third-order valence-electron chi connectivity index (χ3n) is 9.96. The van der Waals surface area contributed by atoms with Crippen LogP contribution in [0.5, 0.6) is 17.2 Å². The zero-order chi connectivity index (χ0) is 44.7. The minimum absolute atomic E-state index is 0.118. The van der Waals surface area contributed by atoms with E-state index in [4.69, 9.17) is 63.2 Å². The maximum atomic E-state index is 13.1. The molecule has 336 valence electrons. The highest BCUT2D eigenvalue weighted by Gasteiger charge is 2.56. The Bertz CT molecular complexity index is 1880. The second-order valence-electron chi connectivity index (χ2n) is 14.5. The van der Waals surface area contributed by atoms with Gasteiger partial charge in [-0.2, -0.15) is 0 Å². The van der Waals surface area contributed by atoms with E-state index in [9.17, 15) is 28.2 Å². The first-order valence-corrected chi connectivity index (χ1v) is 23.4. The summed E-state index contributed by atoms with van der Waals surface area (Å²) in [6, 6.07) is 13.6. The fourth-order valence-corrected chi connectivity index (χ4v) is 9.74. The van der Waals surface area contributed by atoms with Crippen molar-refractivity contribution >= 4 is 87.1 Å². The Balaban J connectivity index is 0.000000314. The second kappa shape index (κ2) is 24.2. The molecule has 14 nitrogen and oxygen atoms in total. The summed E-state index contributed by atoms with van der Waals surface area (Å²) >= 11 is 18.3. The number of amides is 2. The summed E-state index contributed by atoms with van der Waals surface area (Å²) in [5.74, 6) is -2.13. The van der Waals surface area contributed by atoms with Gasteiger partial charge in [-0.3, -0.25) is 28.3 Å². The van der Waals surface area contributed by atoms with Crippen molar-refractivity contribution in [2.45, 2.75) is 97.8 Å². The summed E-state index contributed by atoms with van der Waals surface area (Å²) in [7, 11) is 1.51. The number of hydrogen-bond acceptors (Lipinski definition) is 13. The van der Waals surface area contributed by atoms with E-state index in [1.165, 1.54) is 54.3 Å². The maximum absolute atomic E-state index is 13.1. The molecule has 1 fully saturated rings. The molecule has 0 aromatic heterocycles. The molecule has 2 aromatic rings. The zero-order valence-corrected chi connectivity index (χ0v) is 38.7. The van der Waals surface area contributed by atoms with Gasteiger partial charge < -0.3 is 33.7 Å². The lowest BCUT2D eigenvalue weighted by molar-refractivity contribution is -0.159. The Labute approximate surface area is 378 Å². The topological polar surface area (TPSA) is 173 Å². The largest absolute Gasteiger partial charge is 0.484 e. The molecule has 0 bridgehead atoms. The van der Waals surface area contributed by atoms with Gasteiger partial charge in [-0.1, -0.05) is 105 Å². The van der Waals surface area contributed by atoms with E-state index < -0.39 is 73.5 Å².